The summed E-state index contributed by atoms with van der Waals surface area (Å²) in [7, 11) is 0. The first-order valence-electron chi connectivity index (χ1n) is 3.88. The number of hydrogen-bond acceptors (Lipinski definition) is 2. The summed E-state index contributed by atoms with van der Waals surface area (Å²) in [5.41, 5.74) is 0.876. The molecule has 1 aliphatic heterocycles. The third-order valence-corrected chi connectivity index (χ3v) is 2.12. The largest absolute Gasteiger partial charge is 0.466 e. The lowest BCUT2D eigenvalue weighted by molar-refractivity contribution is -0.116. The van der Waals surface area contributed by atoms with Crippen molar-refractivity contribution in [3.05, 3.63) is 23.7 Å². The zero-order valence-electron chi connectivity index (χ0n) is 6.35. The molecule has 0 saturated carbocycles. The van der Waals surface area contributed by atoms with Crippen LogP contribution in [0.15, 0.2) is 23.7 Å². The van der Waals surface area contributed by atoms with Crippen LogP contribution in [0.25, 0.3) is 0 Å². The van der Waals surface area contributed by atoms with E-state index >= 15 is 0 Å². The normalized spacial score (nSPS) is 23.6. The number of allylic oxidation sites excluding steroid dienone is 2. The average Bonchev–Trinajstić information content (AvgIpc) is 2.31. The lowest BCUT2D eigenvalue weighted by Gasteiger charge is -2.09. The summed E-state index contributed by atoms with van der Waals surface area (Å²) in [6.07, 6.45) is 3.19. The third kappa shape index (κ3) is 0.985. The van der Waals surface area contributed by atoms with Crippen molar-refractivity contribution in [2.24, 2.45) is 0 Å². The van der Waals surface area contributed by atoms with Crippen molar-refractivity contribution in [1.82, 2.24) is 0 Å². The number of carbonyl (C=O) groups excluding carboxylic acids is 1. The van der Waals surface area contributed by atoms with Crippen molar-refractivity contribution < 1.29 is 9.53 Å². The Morgan fingerprint density at radius 1 is 1.36 bits per heavy atom. The van der Waals surface area contributed by atoms with Crippen LogP contribution < -0.4 is 0 Å². The van der Waals surface area contributed by atoms with Gasteiger partial charge in [-0.1, -0.05) is 6.58 Å². The van der Waals surface area contributed by atoms with Crippen molar-refractivity contribution in [2.75, 3.05) is 0 Å². The molecule has 0 N–H and O–H groups in total. The third-order valence-electron chi connectivity index (χ3n) is 2.12. The van der Waals surface area contributed by atoms with Gasteiger partial charge in [-0.15, -0.1) is 0 Å². The minimum Gasteiger partial charge on any atom is -0.466 e. The molecule has 2 heteroatoms. The van der Waals surface area contributed by atoms with Gasteiger partial charge >= 0.3 is 0 Å². The molecule has 0 aromatic heterocycles. The Labute approximate surface area is 65.5 Å². The highest BCUT2D eigenvalue weighted by Crippen LogP contribution is 2.34. The molecule has 1 heterocycles. The Morgan fingerprint density at radius 2 is 2.18 bits per heavy atom. The van der Waals surface area contributed by atoms with E-state index in [1.807, 2.05) is 0 Å². The second-order valence-electron chi connectivity index (χ2n) is 3.00. The van der Waals surface area contributed by atoms with Crippen LogP contribution in [-0.2, 0) is 9.53 Å². The molecule has 0 bridgehead atoms. The summed E-state index contributed by atoms with van der Waals surface area (Å²) in [4.78, 5) is 11.2. The van der Waals surface area contributed by atoms with E-state index in [0.717, 1.165) is 29.9 Å². The Bertz CT molecular complexity index is 261. The molecule has 0 amide bonds. The van der Waals surface area contributed by atoms with Gasteiger partial charge in [-0.3, -0.25) is 4.79 Å². The molecule has 0 unspecified atom stereocenters. The maximum Gasteiger partial charge on any atom is 0.162 e. The molecule has 1 aliphatic carbocycles. The minimum absolute atomic E-state index is 0.255. The molecule has 0 saturated heterocycles. The number of ketones is 1. The zero-order valence-corrected chi connectivity index (χ0v) is 6.35. The van der Waals surface area contributed by atoms with Gasteiger partial charge in [0.05, 0.1) is 0 Å². The molecule has 0 aromatic rings. The van der Waals surface area contributed by atoms with Crippen molar-refractivity contribution in [2.45, 2.75) is 25.7 Å². The Balaban J connectivity index is 2.32. The van der Waals surface area contributed by atoms with E-state index in [1.165, 1.54) is 0 Å². The van der Waals surface area contributed by atoms with Crippen LogP contribution in [0.4, 0.5) is 0 Å². The predicted octanol–water partition coefficient (Wildman–Crippen LogP) is 1.93. The van der Waals surface area contributed by atoms with Crippen LogP contribution in [-0.4, -0.2) is 5.78 Å². The first-order valence-corrected chi connectivity index (χ1v) is 3.88. The van der Waals surface area contributed by atoms with E-state index in [0.29, 0.717) is 12.8 Å². The van der Waals surface area contributed by atoms with Gasteiger partial charge in [0, 0.05) is 24.8 Å². The lowest BCUT2D eigenvalue weighted by atomic mass is 9.95. The molecule has 0 radical (unpaired) electrons. The van der Waals surface area contributed by atoms with E-state index in [2.05, 4.69) is 6.58 Å². The van der Waals surface area contributed by atoms with Crippen molar-refractivity contribution >= 4 is 5.78 Å². The molecule has 2 nitrogen and oxygen atoms in total. The van der Waals surface area contributed by atoms with Crippen LogP contribution >= 0.6 is 0 Å². The first-order chi connectivity index (χ1) is 5.27. The Hall–Kier alpha value is -1.05. The van der Waals surface area contributed by atoms with Crippen LogP contribution in [0, 0.1) is 0 Å². The molecule has 58 valence electrons. The summed E-state index contributed by atoms with van der Waals surface area (Å²) in [5.74, 6) is 1.86. The molecular weight excluding hydrogens is 140 g/mol. The summed E-state index contributed by atoms with van der Waals surface area (Å²) < 4.78 is 5.30. The highest BCUT2D eigenvalue weighted by molar-refractivity contribution is 5.97. The monoisotopic (exact) mass is 150 g/mol. The smallest absolute Gasteiger partial charge is 0.162 e. The highest BCUT2D eigenvalue weighted by Gasteiger charge is 2.27. The second-order valence-corrected chi connectivity index (χ2v) is 3.00. The fourth-order valence-electron chi connectivity index (χ4n) is 1.58. The van der Waals surface area contributed by atoms with Gasteiger partial charge in [-0.05, 0) is 6.42 Å². The predicted molar refractivity (Wildman–Crippen MR) is 40.7 cm³/mol. The Morgan fingerprint density at radius 3 is 2.91 bits per heavy atom. The van der Waals surface area contributed by atoms with Gasteiger partial charge in [-0.2, -0.15) is 0 Å². The SMILES string of the molecule is C=C1CC2=C(CCCC2=O)O1. The van der Waals surface area contributed by atoms with Crippen molar-refractivity contribution in [3.8, 4) is 0 Å². The van der Waals surface area contributed by atoms with E-state index < -0.39 is 0 Å². The summed E-state index contributed by atoms with van der Waals surface area (Å²) in [5, 5.41) is 0. The summed E-state index contributed by atoms with van der Waals surface area (Å²) in [6.45, 7) is 3.70. The molecule has 0 fully saturated rings. The molecule has 2 rings (SSSR count). The van der Waals surface area contributed by atoms with Gasteiger partial charge in [0.1, 0.15) is 11.5 Å². The molecule has 11 heavy (non-hydrogen) atoms. The number of Topliss-reactive ketones (excluding diaryl/α,β-unsaturated/α-hetero) is 1. The van der Waals surface area contributed by atoms with Crippen LogP contribution in [0.2, 0.25) is 0 Å². The topological polar surface area (TPSA) is 26.3 Å². The van der Waals surface area contributed by atoms with Gasteiger partial charge in [0.15, 0.2) is 5.78 Å². The molecule has 2 aliphatic rings. The molecular formula is C9H10O2. The van der Waals surface area contributed by atoms with Gasteiger partial charge in [-0.25, -0.2) is 0 Å². The van der Waals surface area contributed by atoms with E-state index in [-0.39, 0.29) is 5.78 Å². The fraction of sp³-hybridized carbons (Fsp3) is 0.444. The lowest BCUT2D eigenvalue weighted by Crippen LogP contribution is -2.07. The first kappa shape index (κ1) is 6.65. The average molecular weight is 150 g/mol. The number of hydrogen-bond donors (Lipinski definition) is 0. The van der Waals surface area contributed by atoms with Crippen molar-refractivity contribution in [1.29, 1.82) is 0 Å². The van der Waals surface area contributed by atoms with Crippen LogP contribution in [0.3, 0.4) is 0 Å². The highest BCUT2D eigenvalue weighted by atomic mass is 16.5. The fourth-order valence-corrected chi connectivity index (χ4v) is 1.58. The van der Waals surface area contributed by atoms with Gasteiger partial charge in [0.2, 0.25) is 0 Å². The van der Waals surface area contributed by atoms with Gasteiger partial charge < -0.3 is 4.74 Å². The van der Waals surface area contributed by atoms with Gasteiger partial charge in [0.25, 0.3) is 0 Å². The molecule has 0 aromatic carbocycles. The van der Waals surface area contributed by atoms with E-state index in [9.17, 15) is 4.79 Å². The van der Waals surface area contributed by atoms with Crippen LogP contribution in [0.5, 0.6) is 0 Å². The number of ether oxygens (including phenoxy) is 1. The minimum atomic E-state index is 0.255. The van der Waals surface area contributed by atoms with Crippen molar-refractivity contribution in [3.63, 3.8) is 0 Å². The van der Waals surface area contributed by atoms with E-state index in [1.54, 1.807) is 0 Å². The molecule has 0 atom stereocenters. The quantitative estimate of drug-likeness (QED) is 0.527. The molecule has 0 spiro atoms. The maximum atomic E-state index is 11.2. The number of carbonyl (C=O) groups is 1. The maximum absolute atomic E-state index is 11.2. The second kappa shape index (κ2) is 2.22. The van der Waals surface area contributed by atoms with E-state index in [4.69, 9.17) is 4.74 Å². The standard InChI is InChI=1S/C9H10O2/c1-6-5-7-8(10)3-2-4-9(7)11-6/h1-5H2. The number of rotatable bonds is 0. The summed E-state index contributed by atoms with van der Waals surface area (Å²) in [6, 6.07) is 0. The summed E-state index contributed by atoms with van der Waals surface area (Å²) >= 11 is 0. The van der Waals surface area contributed by atoms with Crippen LogP contribution in [0.1, 0.15) is 25.7 Å². The zero-order chi connectivity index (χ0) is 7.84. The Kier molecular flexibility index (Phi) is 1.34.